The second-order valence-electron chi connectivity index (χ2n) is 8.02. The first-order chi connectivity index (χ1) is 13.9. The Morgan fingerprint density at radius 1 is 1.10 bits per heavy atom. The van der Waals surface area contributed by atoms with Crippen molar-refractivity contribution in [1.29, 1.82) is 0 Å². The minimum atomic E-state index is -4.65. The maximum atomic E-state index is 13.6. The van der Waals surface area contributed by atoms with Crippen LogP contribution in [-0.4, -0.2) is 25.5 Å². The third-order valence-corrected chi connectivity index (χ3v) is 5.42. The van der Waals surface area contributed by atoms with Crippen molar-refractivity contribution in [3.05, 3.63) is 53.0 Å². The number of nitrogens with zero attached hydrogens (tertiary/aromatic N) is 4. The van der Waals surface area contributed by atoms with E-state index in [1.54, 1.807) is 20.8 Å². The highest BCUT2D eigenvalue weighted by Gasteiger charge is 2.36. The molecule has 0 radical (unpaired) electrons. The fourth-order valence-corrected chi connectivity index (χ4v) is 3.88. The number of aromatic nitrogens is 4. The molecule has 0 aliphatic rings. The van der Waals surface area contributed by atoms with Crippen LogP contribution in [0.5, 0.6) is 0 Å². The van der Waals surface area contributed by atoms with Crippen LogP contribution < -0.4 is 5.32 Å². The maximum absolute atomic E-state index is 13.6. The Bertz CT molecular complexity index is 1280. The smallest absolute Gasteiger partial charge is 0.296 e. The number of nitrogens with one attached hydrogen (secondary N) is 1. The molecule has 0 bridgehead atoms. The Labute approximate surface area is 173 Å². The van der Waals surface area contributed by atoms with Crippen molar-refractivity contribution in [3.63, 3.8) is 0 Å². The average Bonchev–Trinajstić information content (AvgIpc) is 3.21. The molecule has 1 N–H and O–H groups in total. The Balaban J connectivity index is 1.73. The molecule has 156 valence electrons. The van der Waals surface area contributed by atoms with E-state index in [2.05, 4.69) is 20.4 Å². The van der Waals surface area contributed by atoms with Gasteiger partial charge in [0.1, 0.15) is 5.69 Å². The number of carbonyl (C=O) groups is 1. The standard InChI is InChI=1S/C20H18F3N5OS/c1-10-5-6-11-13(7-10)30-18(24-11)26-17(29)12-8-16-25-14(19(2,3)4)9-15(20(21,22)23)28(16)27-12/h5-9H,1-4H3,(H,24,26,29). The number of benzene rings is 1. The molecule has 4 aromatic rings. The average molecular weight is 433 g/mol. The molecule has 4 rings (SSSR count). The Morgan fingerprint density at radius 3 is 2.50 bits per heavy atom. The first-order valence-corrected chi connectivity index (χ1v) is 9.90. The van der Waals surface area contributed by atoms with Gasteiger partial charge >= 0.3 is 6.18 Å². The van der Waals surface area contributed by atoms with Gasteiger partial charge in [-0.05, 0) is 30.7 Å². The molecular weight excluding hydrogens is 415 g/mol. The molecule has 0 spiro atoms. The lowest BCUT2D eigenvalue weighted by molar-refractivity contribution is -0.142. The Kier molecular flexibility index (Phi) is 4.57. The SMILES string of the molecule is Cc1ccc2nc(NC(=O)c3cc4nc(C(C)(C)C)cc(C(F)(F)F)n4n3)sc2c1. The number of carbonyl (C=O) groups excluding carboxylic acids is 1. The fourth-order valence-electron chi connectivity index (χ4n) is 2.92. The van der Waals surface area contributed by atoms with E-state index in [-0.39, 0.29) is 17.0 Å². The van der Waals surface area contributed by atoms with Crippen LogP contribution in [0.15, 0.2) is 30.3 Å². The summed E-state index contributed by atoms with van der Waals surface area (Å²) in [5.74, 6) is -0.651. The van der Waals surface area contributed by atoms with Crippen molar-refractivity contribution in [2.75, 3.05) is 5.32 Å². The maximum Gasteiger partial charge on any atom is 0.433 e. The lowest BCUT2D eigenvalue weighted by Crippen LogP contribution is -2.20. The molecular formula is C20H18F3N5OS. The van der Waals surface area contributed by atoms with Gasteiger partial charge in [0, 0.05) is 11.5 Å². The van der Waals surface area contributed by atoms with E-state index < -0.39 is 23.2 Å². The van der Waals surface area contributed by atoms with Gasteiger partial charge in [0.2, 0.25) is 0 Å². The highest BCUT2D eigenvalue weighted by molar-refractivity contribution is 7.22. The van der Waals surface area contributed by atoms with Crippen LogP contribution in [0.2, 0.25) is 0 Å². The third-order valence-electron chi connectivity index (χ3n) is 4.48. The number of hydrogen-bond acceptors (Lipinski definition) is 5. The number of anilines is 1. The predicted molar refractivity (Wildman–Crippen MR) is 109 cm³/mol. The summed E-state index contributed by atoms with van der Waals surface area (Å²) in [6, 6.07) is 7.91. The lowest BCUT2D eigenvalue weighted by atomic mass is 9.91. The van der Waals surface area contributed by atoms with Crippen LogP contribution in [0.4, 0.5) is 18.3 Å². The number of thiazole rings is 1. The number of fused-ring (bicyclic) bond motifs is 2. The summed E-state index contributed by atoms with van der Waals surface area (Å²) >= 11 is 1.28. The quantitative estimate of drug-likeness (QED) is 0.471. The van der Waals surface area contributed by atoms with Crippen LogP contribution in [0.25, 0.3) is 15.9 Å². The van der Waals surface area contributed by atoms with E-state index in [9.17, 15) is 18.0 Å². The van der Waals surface area contributed by atoms with E-state index in [1.807, 2.05) is 25.1 Å². The summed E-state index contributed by atoms with van der Waals surface area (Å²) in [5, 5.41) is 6.82. The molecule has 3 heterocycles. The number of alkyl halides is 3. The monoisotopic (exact) mass is 433 g/mol. The molecule has 10 heteroatoms. The first kappa shape index (κ1) is 20.3. The van der Waals surface area contributed by atoms with Gasteiger partial charge in [0.05, 0.1) is 15.9 Å². The van der Waals surface area contributed by atoms with Gasteiger partial charge < -0.3 is 0 Å². The van der Waals surface area contributed by atoms with Crippen molar-refractivity contribution >= 4 is 38.2 Å². The summed E-state index contributed by atoms with van der Waals surface area (Å²) in [5.41, 5.74) is 0.252. The second kappa shape index (κ2) is 6.76. The molecule has 0 saturated heterocycles. The fraction of sp³-hybridized carbons (Fsp3) is 0.300. The van der Waals surface area contributed by atoms with Crippen LogP contribution in [0.1, 0.15) is 48.2 Å². The normalized spacial score (nSPS) is 12.6. The zero-order valence-electron chi connectivity index (χ0n) is 16.6. The molecule has 0 unspecified atom stereocenters. The van der Waals surface area contributed by atoms with E-state index in [0.717, 1.165) is 21.8 Å². The molecule has 0 saturated carbocycles. The van der Waals surface area contributed by atoms with E-state index in [1.165, 1.54) is 17.4 Å². The zero-order chi connectivity index (χ0) is 21.8. The van der Waals surface area contributed by atoms with E-state index >= 15 is 0 Å². The van der Waals surface area contributed by atoms with Crippen molar-refractivity contribution in [2.24, 2.45) is 0 Å². The molecule has 30 heavy (non-hydrogen) atoms. The van der Waals surface area contributed by atoms with Gasteiger partial charge in [-0.2, -0.15) is 18.3 Å². The van der Waals surface area contributed by atoms with Gasteiger partial charge in [-0.3, -0.25) is 10.1 Å². The lowest BCUT2D eigenvalue weighted by Gasteiger charge is -2.19. The summed E-state index contributed by atoms with van der Waals surface area (Å²) in [6.07, 6.45) is -4.65. The van der Waals surface area contributed by atoms with Gasteiger partial charge in [0.25, 0.3) is 5.91 Å². The number of aryl methyl sites for hydroxylation is 1. The highest BCUT2D eigenvalue weighted by atomic mass is 32.1. The number of hydrogen-bond donors (Lipinski definition) is 1. The molecule has 0 atom stereocenters. The number of rotatable bonds is 2. The van der Waals surface area contributed by atoms with Crippen LogP contribution in [0.3, 0.4) is 0 Å². The molecule has 3 aromatic heterocycles. The van der Waals surface area contributed by atoms with Crippen molar-refractivity contribution in [3.8, 4) is 0 Å². The summed E-state index contributed by atoms with van der Waals surface area (Å²) in [4.78, 5) is 21.3. The number of halogens is 3. The van der Waals surface area contributed by atoms with Gasteiger partial charge in [0.15, 0.2) is 16.5 Å². The van der Waals surface area contributed by atoms with Crippen molar-refractivity contribution in [1.82, 2.24) is 19.6 Å². The first-order valence-electron chi connectivity index (χ1n) is 9.09. The highest BCUT2D eigenvalue weighted by Crippen LogP contribution is 2.33. The summed E-state index contributed by atoms with van der Waals surface area (Å²) in [7, 11) is 0. The Hall–Kier alpha value is -3.01. The molecule has 0 aliphatic carbocycles. The van der Waals surface area contributed by atoms with Gasteiger partial charge in [-0.1, -0.05) is 38.2 Å². The Morgan fingerprint density at radius 2 is 1.83 bits per heavy atom. The molecule has 1 aromatic carbocycles. The minimum absolute atomic E-state index is 0.0418. The second-order valence-corrected chi connectivity index (χ2v) is 9.05. The zero-order valence-corrected chi connectivity index (χ0v) is 17.4. The molecule has 6 nitrogen and oxygen atoms in total. The van der Waals surface area contributed by atoms with Gasteiger partial charge in [-0.25, -0.2) is 14.5 Å². The largest absolute Gasteiger partial charge is 0.433 e. The molecule has 1 amide bonds. The van der Waals surface area contributed by atoms with Crippen molar-refractivity contribution in [2.45, 2.75) is 39.3 Å². The van der Waals surface area contributed by atoms with Crippen LogP contribution in [-0.2, 0) is 11.6 Å². The topological polar surface area (TPSA) is 72.2 Å². The molecule has 0 aliphatic heterocycles. The van der Waals surface area contributed by atoms with Gasteiger partial charge in [-0.15, -0.1) is 0 Å². The third kappa shape index (κ3) is 3.74. The number of amides is 1. The predicted octanol–water partition coefficient (Wildman–Crippen LogP) is 5.22. The van der Waals surface area contributed by atoms with Crippen LogP contribution in [0, 0.1) is 6.92 Å². The summed E-state index contributed by atoms with van der Waals surface area (Å²) < 4.78 is 42.3. The van der Waals surface area contributed by atoms with E-state index in [0.29, 0.717) is 9.65 Å². The summed E-state index contributed by atoms with van der Waals surface area (Å²) in [6.45, 7) is 7.26. The molecule has 0 fully saturated rings. The minimum Gasteiger partial charge on any atom is -0.296 e. The van der Waals surface area contributed by atoms with E-state index in [4.69, 9.17) is 0 Å². The van der Waals surface area contributed by atoms with Crippen molar-refractivity contribution < 1.29 is 18.0 Å². The van der Waals surface area contributed by atoms with Crippen LogP contribution >= 0.6 is 11.3 Å².